The van der Waals surface area contributed by atoms with Gasteiger partial charge in [0.15, 0.2) is 0 Å². The molecule has 0 rings (SSSR count). The molecule has 0 fully saturated rings. The zero-order valence-electron chi connectivity index (χ0n) is 11.8. The SMILES string of the molecule is CCCCC=CCC=CCC=CCCCCC. The maximum Gasteiger partial charge on any atom is -0.0169 e. The minimum Gasteiger partial charge on any atom is -0.0882 e. The van der Waals surface area contributed by atoms with Gasteiger partial charge in [-0.2, -0.15) is 0 Å². The summed E-state index contributed by atoms with van der Waals surface area (Å²) < 4.78 is 0. The van der Waals surface area contributed by atoms with E-state index >= 15 is 0 Å². The topological polar surface area (TPSA) is 0 Å². The zero-order valence-corrected chi connectivity index (χ0v) is 11.8. The summed E-state index contributed by atoms with van der Waals surface area (Å²) in [7, 11) is 0. The minimum absolute atomic E-state index is 1.09. The van der Waals surface area contributed by atoms with Gasteiger partial charge in [-0.15, -0.1) is 0 Å². The Balaban J connectivity index is 3.27. The normalized spacial score (nSPS) is 12.4. The van der Waals surface area contributed by atoms with Crippen molar-refractivity contribution >= 4 is 0 Å². The third kappa shape index (κ3) is 15.2. The Kier molecular flexibility index (Phi) is 14.5. The van der Waals surface area contributed by atoms with Crippen molar-refractivity contribution in [3.63, 3.8) is 0 Å². The Morgan fingerprint density at radius 1 is 0.529 bits per heavy atom. The third-order valence-corrected chi connectivity index (χ3v) is 2.74. The molecule has 0 aliphatic heterocycles. The molecule has 17 heavy (non-hydrogen) atoms. The van der Waals surface area contributed by atoms with Crippen LogP contribution in [0.5, 0.6) is 0 Å². The van der Waals surface area contributed by atoms with E-state index in [1.54, 1.807) is 0 Å². The standard InChI is InChI=1S/C17H30/c1-3-5-7-9-11-13-15-17-16-14-12-10-8-6-4-2/h9,11-12,14-15,17H,3-8,10,13,16H2,1-2H3. The van der Waals surface area contributed by atoms with Gasteiger partial charge in [0, 0.05) is 0 Å². The highest BCUT2D eigenvalue weighted by Crippen LogP contribution is 2.01. The largest absolute Gasteiger partial charge is 0.0882 e. The van der Waals surface area contributed by atoms with Gasteiger partial charge in [0.2, 0.25) is 0 Å². The Labute approximate surface area is 109 Å². The molecular formula is C17H30. The van der Waals surface area contributed by atoms with E-state index in [4.69, 9.17) is 0 Å². The average molecular weight is 234 g/mol. The first-order valence-corrected chi connectivity index (χ1v) is 7.36. The van der Waals surface area contributed by atoms with E-state index in [0.29, 0.717) is 0 Å². The van der Waals surface area contributed by atoms with E-state index in [1.165, 1.54) is 44.9 Å². The van der Waals surface area contributed by atoms with Gasteiger partial charge in [0.05, 0.1) is 0 Å². The van der Waals surface area contributed by atoms with Crippen molar-refractivity contribution in [1.82, 2.24) is 0 Å². The molecule has 98 valence electrons. The second kappa shape index (κ2) is 15.2. The maximum absolute atomic E-state index is 2.32. The molecule has 0 aliphatic rings. The van der Waals surface area contributed by atoms with Crippen molar-refractivity contribution in [3.8, 4) is 0 Å². The summed E-state index contributed by atoms with van der Waals surface area (Å²) in [5.41, 5.74) is 0. The highest BCUT2D eigenvalue weighted by molar-refractivity contribution is 4.97. The summed E-state index contributed by atoms with van der Waals surface area (Å²) in [6.07, 6.45) is 25.0. The van der Waals surface area contributed by atoms with Gasteiger partial charge in [0.25, 0.3) is 0 Å². The molecule has 0 atom stereocenters. The van der Waals surface area contributed by atoms with Crippen LogP contribution in [0.15, 0.2) is 36.5 Å². The predicted octanol–water partition coefficient (Wildman–Crippen LogP) is 6.21. The molecule has 0 unspecified atom stereocenters. The molecule has 0 aromatic carbocycles. The van der Waals surface area contributed by atoms with Crippen molar-refractivity contribution in [2.24, 2.45) is 0 Å². The second-order valence-corrected chi connectivity index (χ2v) is 4.52. The lowest BCUT2D eigenvalue weighted by molar-refractivity contribution is 0.728. The summed E-state index contributed by atoms with van der Waals surface area (Å²) >= 11 is 0. The van der Waals surface area contributed by atoms with Gasteiger partial charge in [-0.05, 0) is 32.1 Å². The smallest absolute Gasteiger partial charge is 0.0169 e. The molecule has 0 heteroatoms. The first-order chi connectivity index (χ1) is 8.41. The molecule has 0 saturated carbocycles. The van der Waals surface area contributed by atoms with Gasteiger partial charge in [0.1, 0.15) is 0 Å². The van der Waals surface area contributed by atoms with Gasteiger partial charge in [-0.1, -0.05) is 76.0 Å². The number of hydrogen-bond donors (Lipinski definition) is 0. The van der Waals surface area contributed by atoms with Crippen LogP contribution in [0.3, 0.4) is 0 Å². The summed E-state index contributed by atoms with van der Waals surface area (Å²) in [6, 6.07) is 0. The molecule has 0 aromatic rings. The van der Waals surface area contributed by atoms with E-state index in [-0.39, 0.29) is 0 Å². The summed E-state index contributed by atoms with van der Waals surface area (Å²) in [4.78, 5) is 0. The molecule has 0 saturated heterocycles. The Morgan fingerprint density at radius 3 is 1.53 bits per heavy atom. The minimum atomic E-state index is 1.09. The molecule has 0 nitrogen and oxygen atoms in total. The van der Waals surface area contributed by atoms with Crippen LogP contribution in [-0.2, 0) is 0 Å². The number of rotatable bonds is 11. The Bertz CT molecular complexity index is 208. The number of unbranched alkanes of at least 4 members (excludes halogenated alkanes) is 5. The lowest BCUT2D eigenvalue weighted by Crippen LogP contribution is -1.70. The van der Waals surface area contributed by atoms with Crippen molar-refractivity contribution < 1.29 is 0 Å². The van der Waals surface area contributed by atoms with E-state index in [1.807, 2.05) is 0 Å². The number of allylic oxidation sites excluding steroid dienone is 6. The van der Waals surface area contributed by atoms with Crippen molar-refractivity contribution in [2.45, 2.75) is 71.6 Å². The molecule has 0 aromatic heterocycles. The fraction of sp³-hybridized carbons (Fsp3) is 0.647. The van der Waals surface area contributed by atoms with Crippen LogP contribution in [0.25, 0.3) is 0 Å². The van der Waals surface area contributed by atoms with E-state index in [9.17, 15) is 0 Å². The van der Waals surface area contributed by atoms with E-state index < -0.39 is 0 Å². The maximum atomic E-state index is 2.32. The molecule has 0 radical (unpaired) electrons. The third-order valence-electron chi connectivity index (χ3n) is 2.74. The molecule has 0 heterocycles. The second-order valence-electron chi connectivity index (χ2n) is 4.52. The van der Waals surface area contributed by atoms with Crippen LogP contribution in [0.4, 0.5) is 0 Å². The predicted molar refractivity (Wildman–Crippen MR) is 80.3 cm³/mol. The monoisotopic (exact) mass is 234 g/mol. The van der Waals surface area contributed by atoms with Crippen LogP contribution < -0.4 is 0 Å². The fourth-order valence-corrected chi connectivity index (χ4v) is 1.61. The lowest BCUT2D eigenvalue weighted by Gasteiger charge is -1.90. The van der Waals surface area contributed by atoms with Gasteiger partial charge in [-0.3, -0.25) is 0 Å². The molecule has 0 N–H and O–H groups in total. The Morgan fingerprint density at radius 2 is 1.00 bits per heavy atom. The Hall–Kier alpha value is -0.780. The number of hydrogen-bond acceptors (Lipinski definition) is 0. The lowest BCUT2D eigenvalue weighted by atomic mass is 10.2. The molecule has 0 bridgehead atoms. The van der Waals surface area contributed by atoms with Crippen LogP contribution in [-0.4, -0.2) is 0 Å². The summed E-state index contributed by atoms with van der Waals surface area (Å²) in [5, 5.41) is 0. The van der Waals surface area contributed by atoms with Crippen molar-refractivity contribution in [1.29, 1.82) is 0 Å². The quantitative estimate of drug-likeness (QED) is 0.295. The van der Waals surface area contributed by atoms with Gasteiger partial charge < -0.3 is 0 Å². The summed E-state index contributed by atoms with van der Waals surface area (Å²) in [6.45, 7) is 4.49. The first-order valence-electron chi connectivity index (χ1n) is 7.36. The first kappa shape index (κ1) is 16.2. The van der Waals surface area contributed by atoms with Crippen LogP contribution >= 0.6 is 0 Å². The molecule has 0 aliphatic carbocycles. The van der Waals surface area contributed by atoms with E-state index in [2.05, 4.69) is 50.3 Å². The highest BCUT2D eigenvalue weighted by Gasteiger charge is 1.80. The van der Waals surface area contributed by atoms with E-state index in [0.717, 1.165) is 12.8 Å². The average Bonchev–Trinajstić information content (AvgIpc) is 2.35. The molecular weight excluding hydrogens is 204 g/mol. The van der Waals surface area contributed by atoms with Crippen molar-refractivity contribution in [2.75, 3.05) is 0 Å². The molecule has 0 amide bonds. The summed E-state index contributed by atoms with van der Waals surface area (Å²) in [5.74, 6) is 0. The van der Waals surface area contributed by atoms with Crippen LogP contribution in [0.1, 0.15) is 71.6 Å². The fourth-order valence-electron chi connectivity index (χ4n) is 1.61. The van der Waals surface area contributed by atoms with Crippen LogP contribution in [0.2, 0.25) is 0 Å². The van der Waals surface area contributed by atoms with Crippen LogP contribution in [0, 0.1) is 0 Å². The highest BCUT2D eigenvalue weighted by atomic mass is 13.9. The van der Waals surface area contributed by atoms with Gasteiger partial charge >= 0.3 is 0 Å². The zero-order chi connectivity index (χ0) is 12.6. The van der Waals surface area contributed by atoms with Crippen molar-refractivity contribution in [3.05, 3.63) is 36.5 Å². The molecule has 0 spiro atoms. The van der Waals surface area contributed by atoms with Gasteiger partial charge in [-0.25, -0.2) is 0 Å².